The van der Waals surface area contributed by atoms with Gasteiger partial charge in [-0.2, -0.15) is 0 Å². The van der Waals surface area contributed by atoms with Crippen molar-refractivity contribution in [1.29, 1.82) is 0 Å². The Hall–Kier alpha value is -2.08. The highest BCUT2D eigenvalue weighted by Gasteiger charge is 2.44. The van der Waals surface area contributed by atoms with E-state index in [1.807, 2.05) is 12.1 Å². The molecule has 5 nitrogen and oxygen atoms in total. The van der Waals surface area contributed by atoms with E-state index in [9.17, 15) is 14.7 Å². The molecule has 1 saturated carbocycles. The summed E-state index contributed by atoms with van der Waals surface area (Å²) in [4.78, 5) is 28.5. The highest BCUT2D eigenvalue weighted by molar-refractivity contribution is 6.35. The van der Waals surface area contributed by atoms with Crippen molar-refractivity contribution < 1.29 is 14.7 Å². The summed E-state index contributed by atoms with van der Waals surface area (Å²) in [5.74, 6) is -0.294. The van der Waals surface area contributed by atoms with Crippen LogP contribution in [0.15, 0.2) is 42.5 Å². The van der Waals surface area contributed by atoms with Crippen LogP contribution in [0, 0.1) is 5.92 Å². The second-order valence-corrected chi connectivity index (χ2v) is 8.07. The fourth-order valence-electron chi connectivity index (χ4n) is 3.51. The summed E-state index contributed by atoms with van der Waals surface area (Å²) in [6.07, 6.45) is 0.0692. The number of rotatable bonds is 3. The molecular formula is C21H20Cl2N2O3. The summed E-state index contributed by atoms with van der Waals surface area (Å²) in [7, 11) is 0. The SMILES string of the molecule is O=C(c1ccc(-c2cc(Cl)ccc2Cl)cc1)N1CCN(C(=O)C2CC2O)CC1. The normalized spacial score (nSPS) is 21.5. The molecule has 1 heterocycles. The van der Waals surface area contributed by atoms with E-state index in [4.69, 9.17) is 23.2 Å². The summed E-state index contributed by atoms with van der Waals surface area (Å²) in [6, 6.07) is 12.6. The van der Waals surface area contributed by atoms with Crippen LogP contribution < -0.4 is 0 Å². The van der Waals surface area contributed by atoms with Crippen molar-refractivity contribution in [3.63, 3.8) is 0 Å². The van der Waals surface area contributed by atoms with Crippen LogP contribution in [0.4, 0.5) is 0 Å². The van der Waals surface area contributed by atoms with Crippen LogP contribution in [-0.4, -0.2) is 59.0 Å². The van der Waals surface area contributed by atoms with Crippen LogP contribution >= 0.6 is 23.2 Å². The van der Waals surface area contributed by atoms with Crippen LogP contribution in [0.2, 0.25) is 10.0 Å². The third kappa shape index (κ3) is 3.88. The second-order valence-electron chi connectivity index (χ2n) is 7.23. The number of hydrogen-bond donors (Lipinski definition) is 1. The number of halogens is 2. The highest BCUT2D eigenvalue weighted by atomic mass is 35.5. The number of nitrogens with zero attached hydrogens (tertiary/aromatic N) is 2. The van der Waals surface area contributed by atoms with Crippen molar-refractivity contribution in [2.24, 2.45) is 5.92 Å². The Balaban J connectivity index is 1.40. The molecule has 2 aromatic carbocycles. The molecule has 1 aliphatic carbocycles. The number of hydrogen-bond acceptors (Lipinski definition) is 3. The van der Waals surface area contributed by atoms with Gasteiger partial charge in [0, 0.05) is 47.4 Å². The Bertz CT molecular complexity index is 908. The van der Waals surface area contributed by atoms with E-state index >= 15 is 0 Å². The molecule has 2 unspecified atom stereocenters. The van der Waals surface area contributed by atoms with Gasteiger partial charge in [-0.1, -0.05) is 35.3 Å². The largest absolute Gasteiger partial charge is 0.392 e. The highest BCUT2D eigenvalue weighted by Crippen LogP contribution is 2.33. The lowest BCUT2D eigenvalue weighted by molar-refractivity contribution is -0.134. The molecule has 0 aromatic heterocycles. The van der Waals surface area contributed by atoms with Gasteiger partial charge in [0.15, 0.2) is 0 Å². The van der Waals surface area contributed by atoms with Gasteiger partial charge in [0.25, 0.3) is 5.91 Å². The van der Waals surface area contributed by atoms with E-state index in [-0.39, 0.29) is 17.7 Å². The molecule has 0 radical (unpaired) electrons. The lowest BCUT2D eigenvalue weighted by Gasteiger charge is -2.35. The third-order valence-electron chi connectivity index (χ3n) is 5.32. The van der Waals surface area contributed by atoms with Crippen LogP contribution in [-0.2, 0) is 4.79 Å². The monoisotopic (exact) mass is 418 g/mol. The van der Waals surface area contributed by atoms with Gasteiger partial charge in [-0.25, -0.2) is 0 Å². The number of benzene rings is 2. The van der Waals surface area contributed by atoms with E-state index in [2.05, 4.69) is 0 Å². The lowest BCUT2D eigenvalue weighted by atomic mass is 10.0. The van der Waals surface area contributed by atoms with Gasteiger partial charge in [-0.3, -0.25) is 9.59 Å². The van der Waals surface area contributed by atoms with E-state index in [1.165, 1.54) is 0 Å². The number of aliphatic hydroxyl groups excluding tert-OH is 1. The fraction of sp³-hybridized carbons (Fsp3) is 0.333. The van der Waals surface area contributed by atoms with Gasteiger partial charge in [0.2, 0.25) is 5.91 Å². The van der Waals surface area contributed by atoms with E-state index in [1.54, 1.807) is 40.1 Å². The maximum Gasteiger partial charge on any atom is 0.253 e. The quantitative estimate of drug-likeness (QED) is 0.831. The zero-order valence-corrected chi connectivity index (χ0v) is 16.7. The number of amides is 2. The molecule has 2 amide bonds. The van der Waals surface area contributed by atoms with Gasteiger partial charge in [0.05, 0.1) is 12.0 Å². The minimum atomic E-state index is -0.487. The average molecular weight is 419 g/mol. The fourth-order valence-corrected chi connectivity index (χ4v) is 3.90. The molecule has 2 fully saturated rings. The Morgan fingerprint density at radius 3 is 2.14 bits per heavy atom. The Morgan fingerprint density at radius 1 is 0.929 bits per heavy atom. The summed E-state index contributed by atoms with van der Waals surface area (Å²) in [5.41, 5.74) is 2.31. The first kappa shape index (κ1) is 19.2. The van der Waals surface area contributed by atoms with Crippen LogP contribution in [0.1, 0.15) is 16.8 Å². The Kier molecular flexibility index (Phi) is 5.32. The first-order valence-corrected chi connectivity index (χ1v) is 10.0. The van der Waals surface area contributed by atoms with Gasteiger partial charge in [0.1, 0.15) is 0 Å². The zero-order chi connectivity index (χ0) is 19.8. The number of aliphatic hydroxyl groups is 1. The van der Waals surface area contributed by atoms with E-state index in [0.29, 0.717) is 48.2 Å². The molecule has 4 rings (SSSR count). The summed E-state index contributed by atoms with van der Waals surface area (Å²) in [6.45, 7) is 2.00. The maximum absolute atomic E-state index is 12.8. The Morgan fingerprint density at radius 2 is 1.54 bits per heavy atom. The molecule has 0 bridgehead atoms. The van der Waals surface area contributed by atoms with Crippen molar-refractivity contribution in [1.82, 2.24) is 9.80 Å². The predicted octanol–water partition coefficient (Wildman–Crippen LogP) is 3.33. The van der Waals surface area contributed by atoms with Gasteiger partial charge in [-0.05, 0) is 42.3 Å². The molecule has 0 spiro atoms. The summed E-state index contributed by atoms with van der Waals surface area (Å²) < 4.78 is 0. The molecular weight excluding hydrogens is 399 g/mol. The molecule has 1 N–H and O–H groups in total. The zero-order valence-electron chi connectivity index (χ0n) is 15.1. The number of carbonyl (C=O) groups is 2. The third-order valence-corrected chi connectivity index (χ3v) is 5.89. The van der Waals surface area contributed by atoms with Crippen molar-refractivity contribution in [2.75, 3.05) is 26.2 Å². The molecule has 28 heavy (non-hydrogen) atoms. The molecule has 7 heteroatoms. The molecule has 1 aliphatic heterocycles. The number of carbonyl (C=O) groups excluding carboxylic acids is 2. The maximum atomic E-state index is 12.8. The summed E-state index contributed by atoms with van der Waals surface area (Å²) in [5, 5.41) is 10.6. The molecule has 1 saturated heterocycles. The predicted molar refractivity (Wildman–Crippen MR) is 108 cm³/mol. The first-order chi connectivity index (χ1) is 13.4. The van der Waals surface area contributed by atoms with Crippen molar-refractivity contribution in [3.05, 3.63) is 58.1 Å². The average Bonchev–Trinajstić information content (AvgIpc) is 3.45. The topological polar surface area (TPSA) is 60.9 Å². The summed E-state index contributed by atoms with van der Waals surface area (Å²) >= 11 is 12.3. The van der Waals surface area contributed by atoms with Gasteiger partial charge >= 0.3 is 0 Å². The lowest BCUT2D eigenvalue weighted by Crippen LogP contribution is -2.51. The standard InChI is InChI=1S/C21H20Cl2N2O3/c22-15-5-6-18(23)16(11-15)13-1-3-14(4-2-13)20(27)24-7-9-25(10-8-24)21(28)17-12-19(17)26/h1-6,11,17,19,26H,7-10,12H2. The van der Waals surface area contributed by atoms with Crippen molar-refractivity contribution in [2.45, 2.75) is 12.5 Å². The van der Waals surface area contributed by atoms with Crippen LogP contribution in [0.5, 0.6) is 0 Å². The smallest absolute Gasteiger partial charge is 0.253 e. The minimum absolute atomic E-state index is 0.00218. The second kappa shape index (κ2) is 7.74. The van der Waals surface area contributed by atoms with E-state index in [0.717, 1.165) is 11.1 Å². The van der Waals surface area contributed by atoms with Crippen LogP contribution in [0.3, 0.4) is 0 Å². The van der Waals surface area contributed by atoms with E-state index < -0.39 is 6.10 Å². The first-order valence-electron chi connectivity index (χ1n) is 9.25. The van der Waals surface area contributed by atoms with Crippen molar-refractivity contribution in [3.8, 4) is 11.1 Å². The molecule has 146 valence electrons. The van der Waals surface area contributed by atoms with Gasteiger partial charge in [-0.15, -0.1) is 0 Å². The molecule has 2 aromatic rings. The molecule has 2 aliphatic rings. The molecule has 2 atom stereocenters. The minimum Gasteiger partial charge on any atom is -0.392 e. The van der Waals surface area contributed by atoms with Gasteiger partial charge < -0.3 is 14.9 Å². The number of piperazine rings is 1. The van der Waals surface area contributed by atoms with Crippen LogP contribution in [0.25, 0.3) is 11.1 Å². The Labute approximate surface area is 173 Å². The van der Waals surface area contributed by atoms with Crippen molar-refractivity contribution >= 4 is 35.0 Å².